The number of hydrogen-bond acceptors (Lipinski definition) is 7. The highest BCUT2D eigenvalue weighted by molar-refractivity contribution is 7.88. The summed E-state index contributed by atoms with van der Waals surface area (Å²) >= 11 is 0. The Hall–Kier alpha value is -3.35. The van der Waals surface area contributed by atoms with Crippen LogP contribution in [0.3, 0.4) is 0 Å². The van der Waals surface area contributed by atoms with E-state index in [4.69, 9.17) is 14.6 Å². The van der Waals surface area contributed by atoms with E-state index >= 15 is 0 Å². The van der Waals surface area contributed by atoms with E-state index in [0.717, 1.165) is 0 Å². The second kappa shape index (κ2) is 7.72. The van der Waals surface area contributed by atoms with Gasteiger partial charge in [0, 0.05) is 23.3 Å². The summed E-state index contributed by atoms with van der Waals surface area (Å²) in [6.07, 6.45) is 1.48. The van der Waals surface area contributed by atoms with E-state index in [-0.39, 0.29) is 5.75 Å². The molecule has 0 atom stereocenters. The van der Waals surface area contributed by atoms with Crippen LogP contribution in [0.2, 0.25) is 0 Å². The smallest absolute Gasteiger partial charge is 0.213 e. The highest BCUT2D eigenvalue weighted by atomic mass is 32.2. The predicted molar refractivity (Wildman–Crippen MR) is 106 cm³/mol. The number of nitrogens with two attached hydrogens (primary N) is 1. The summed E-state index contributed by atoms with van der Waals surface area (Å²) in [6, 6.07) is 12.4. The van der Waals surface area contributed by atoms with Crippen LogP contribution in [0.25, 0.3) is 10.9 Å². The van der Waals surface area contributed by atoms with E-state index in [1.54, 1.807) is 36.4 Å². The van der Waals surface area contributed by atoms with E-state index in [0.29, 0.717) is 44.9 Å². The first-order chi connectivity index (χ1) is 13.3. The molecule has 28 heavy (non-hydrogen) atoms. The molecule has 0 amide bonds. The van der Waals surface area contributed by atoms with E-state index in [1.165, 1.54) is 20.4 Å². The highest BCUT2D eigenvalue weighted by Crippen LogP contribution is 2.36. The zero-order valence-electron chi connectivity index (χ0n) is 15.3. The van der Waals surface area contributed by atoms with Crippen LogP contribution in [0.5, 0.6) is 11.5 Å². The number of aromatic nitrogens is 1. The molecule has 0 radical (unpaired) electrons. The molecule has 3 aromatic rings. The van der Waals surface area contributed by atoms with Crippen LogP contribution < -0.4 is 19.9 Å². The fourth-order valence-corrected chi connectivity index (χ4v) is 3.46. The molecule has 144 valence electrons. The van der Waals surface area contributed by atoms with E-state index in [2.05, 4.69) is 16.4 Å². The molecule has 2 aromatic carbocycles. The van der Waals surface area contributed by atoms with Crippen LogP contribution in [0, 0.1) is 11.3 Å². The van der Waals surface area contributed by atoms with Gasteiger partial charge >= 0.3 is 0 Å². The van der Waals surface area contributed by atoms with Gasteiger partial charge in [-0.1, -0.05) is 12.1 Å². The number of benzene rings is 2. The predicted octanol–water partition coefficient (Wildman–Crippen LogP) is 2.66. The van der Waals surface area contributed by atoms with Gasteiger partial charge < -0.3 is 14.8 Å². The molecule has 0 saturated carbocycles. The lowest BCUT2D eigenvalue weighted by atomic mass is 10.1. The summed E-state index contributed by atoms with van der Waals surface area (Å²) < 4.78 is 33.1. The zero-order valence-corrected chi connectivity index (χ0v) is 16.1. The van der Waals surface area contributed by atoms with Crippen molar-refractivity contribution in [3.05, 3.63) is 53.7 Å². The number of nitrogens with one attached hydrogen (secondary N) is 1. The van der Waals surface area contributed by atoms with Gasteiger partial charge in [0.1, 0.15) is 6.07 Å². The Bertz CT molecular complexity index is 1170. The number of rotatable bonds is 6. The van der Waals surface area contributed by atoms with Crippen LogP contribution >= 0.6 is 0 Å². The number of nitrogens with zero attached hydrogens (tertiary/aromatic N) is 2. The summed E-state index contributed by atoms with van der Waals surface area (Å²) in [4.78, 5) is 4.31. The molecule has 8 nitrogen and oxygen atoms in total. The normalized spacial score (nSPS) is 11.1. The number of anilines is 2. The number of nitriles is 1. The molecule has 3 N–H and O–H groups in total. The standard InChI is InChI=1S/C19H18N4O4S/c1-26-17-7-15-16(8-18(17)27-2)22-10-13(9-20)19(15)23-14-5-3-12(4-6-14)11-28(21,24)25/h3-8,10H,11H2,1-2H3,(H,22,23)(H2,21,24,25). The first kappa shape index (κ1) is 19.4. The lowest BCUT2D eigenvalue weighted by Gasteiger charge is -2.14. The quantitative estimate of drug-likeness (QED) is 0.653. The number of ether oxygens (including phenoxy) is 2. The largest absolute Gasteiger partial charge is 0.493 e. The topological polar surface area (TPSA) is 127 Å². The van der Waals surface area contributed by atoms with Gasteiger partial charge in [0.2, 0.25) is 10.0 Å². The van der Waals surface area contributed by atoms with Crippen LogP contribution in [0.1, 0.15) is 11.1 Å². The second-order valence-electron chi connectivity index (χ2n) is 6.01. The third-order valence-electron chi connectivity index (χ3n) is 4.08. The van der Waals surface area contributed by atoms with Crippen LogP contribution in [0.4, 0.5) is 11.4 Å². The molecule has 0 aliphatic carbocycles. The molecular weight excluding hydrogens is 380 g/mol. The van der Waals surface area contributed by atoms with E-state index < -0.39 is 10.0 Å². The molecule has 1 heterocycles. The van der Waals surface area contributed by atoms with Crippen molar-refractivity contribution < 1.29 is 17.9 Å². The molecule has 9 heteroatoms. The average Bonchev–Trinajstić information content (AvgIpc) is 2.67. The third-order valence-corrected chi connectivity index (χ3v) is 4.82. The van der Waals surface area contributed by atoms with Crippen LogP contribution in [-0.2, 0) is 15.8 Å². The Labute approximate surface area is 162 Å². The number of pyridine rings is 1. The number of hydrogen-bond donors (Lipinski definition) is 2. The van der Waals surface area contributed by atoms with Crippen molar-refractivity contribution >= 4 is 32.3 Å². The molecule has 0 bridgehead atoms. The average molecular weight is 398 g/mol. The maximum atomic E-state index is 11.2. The van der Waals surface area contributed by atoms with Gasteiger partial charge in [-0.05, 0) is 23.8 Å². The number of methoxy groups -OCH3 is 2. The van der Waals surface area contributed by atoms with Gasteiger partial charge in [-0.3, -0.25) is 4.98 Å². The lowest BCUT2D eigenvalue weighted by molar-refractivity contribution is 0.356. The van der Waals surface area contributed by atoms with Crippen molar-refractivity contribution in [2.45, 2.75) is 5.75 Å². The Morgan fingerprint density at radius 1 is 1.14 bits per heavy atom. The molecule has 0 unspecified atom stereocenters. The van der Waals surface area contributed by atoms with Gasteiger partial charge in [-0.15, -0.1) is 0 Å². The SMILES string of the molecule is COc1cc2ncc(C#N)c(Nc3ccc(CS(N)(=O)=O)cc3)c2cc1OC. The Balaban J connectivity index is 2.05. The fraction of sp³-hybridized carbons (Fsp3) is 0.158. The molecular formula is C19H18N4O4S. The second-order valence-corrected chi connectivity index (χ2v) is 7.63. The van der Waals surface area contributed by atoms with Gasteiger partial charge in [0.25, 0.3) is 0 Å². The minimum Gasteiger partial charge on any atom is -0.493 e. The molecule has 0 spiro atoms. The van der Waals surface area contributed by atoms with Gasteiger partial charge in [0.15, 0.2) is 11.5 Å². The lowest BCUT2D eigenvalue weighted by Crippen LogP contribution is -2.14. The Morgan fingerprint density at radius 2 is 1.79 bits per heavy atom. The fourth-order valence-electron chi connectivity index (χ4n) is 2.80. The third kappa shape index (κ3) is 4.14. The van der Waals surface area contributed by atoms with Crippen molar-refractivity contribution in [2.24, 2.45) is 5.14 Å². The summed E-state index contributed by atoms with van der Waals surface area (Å²) in [7, 11) is -0.533. The minimum atomic E-state index is -3.60. The number of primary sulfonamides is 1. The summed E-state index contributed by atoms with van der Waals surface area (Å²) in [5.41, 5.74) is 2.79. The Kier molecular flexibility index (Phi) is 5.35. The van der Waals surface area contributed by atoms with Crippen molar-refractivity contribution in [3.8, 4) is 17.6 Å². The van der Waals surface area contributed by atoms with Gasteiger partial charge in [-0.2, -0.15) is 5.26 Å². The highest BCUT2D eigenvalue weighted by Gasteiger charge is 2.14. The van der Waals surface area contributed by atoms with Gasteiger partial charge in [-0.25, -0.2) is 13.6 Å². The van der Waals surface area contributed by atoms with Crippen molar-refractivity contribution in [1.82, 2.24) is 4.98 Å². The molecule has 3 rings (SSSR count). The molecule has 1 aromatic heterocycles. The van der Waals surface area contributed by atoms with E-state index in [1.807, 2.05) is 0 Å². The van der Waals surface area contributed by atoms with Crippen LogP contribution in [-0.4, -0.2) is 27.6 Å². The first-order valence-corrected chi connectivity index (χ1v) is 9.87. The number of fused-ring (bicyclic) bond motifs is 1. The number of sulfonamides is 1. The summed E-state index contributed by atoms with van der Waals surface area (Å²) in [5, 5.41) is 18.5. The Morgan fingerprint density at radius 3 is 2.36 bits per heavy atom. The summed E-state index contributed by atoms with van der Waals surface area (Å²) in [5.74, 6) is 0.801. The molecule has 0 aliphatic rings. The van der Waals surface area contributed by atoms with Crippen molar-refractivity contribution in [2.75, 3.05) is 19.5 Å². The van der Waals surface area contributed by atoms with Gasteiger partial charge in [0.05, 0.1) is 36.7 Å². The molecule has 0 fully saturated rings. The monoisotopic (exact) mass is 398 g/mol. The van der Waals surface area contributed by atoms with Crippen molar-refractivity contribution in [3.63, 3.8) is 0 Å². The molecule has 0 saturated heterocycles. The molecule has 0 aliphatic heterocycles. The summed E-state index contributed by atoms with van der Waals surface area (Å²) in [6.45, 7) is 0. The van der Waals surface area contributed by atoms with Crippen LogP contribution in [0.15, 0.2) is 42.6 Å². The zero-order chi connectivity index (χ0) is 20.3. The maximum absolute atomic E-state index is 11.2. The first-order valence-electron chi connectivity index (χ1n) is 8.16. The van der Waals surface area contributed by atoms with E-state index in [9.17, 15) is 13.7 Å². The van der Waals surface area contributed by atoms with Crippen molar-refractivity contribution in [1.29, 1.82) is 5.26 Å². The maximum Gasteiger partial charge on any atom is 0.213 e. The minimum absolute atomic E-state index is 0.244.